The van der Waals surface area contributed by atoms with Gasteiger partial charge in [0.2, 0.25) is 0 Å². The summed E-state index contributed by atoms with van der Waals surface area (Å²) in [5.41, 5.74) is 4.89. The summed E-state index contributed by atoms with van der Waals surface area (Å²) in [6.07, 6.45) is 0. The van der Waals surface area contributed by atoms with Crippen LogP contribution < -0.4 is 4.80 Å². The SMILES string of the molecule is Cn1c(-c2ccccc2)c(-c2ccccc2)sc1=NCc1ccccc1. The van der Waals surface area contributed by atoms with Gasteiger partial charge in [-0.25, -0.2) is 0 Å². The molecule has 0 unspecified atom stereocenters. The van der Waals surface area contributed by atoms with Crippen LogP contribution in [0.2, 0.25) is 0 Å². The van der Waals surface area contributed by atoms with Crippen LogP contribution in [0.25, 0.3) is 21.7 Å². The zero-order valence-corrected chi connectivity index (χ0v) is 15.5. The maximum absolute atomic E-state index is 4.89. The van der Waals surface area contributed by atoms with Crippen LogP contribution in [0.4, 0.5) is 0 Å². The molecule has 0 aliphatic heterocycles. The standard InChI is InChI=1S/C23H20N2S/c1-25-21(19-13-7-3-8-14-19)22(20-15-9-4-10-16-20)26-23(25)24-17-18-11-5-2-6-12-18/h2-16H,17H2,1H3. The van der Waals surface area contributed by atoms with E-state index in [1.807, 2.05) is 6.07 Å². The molecule has 3 heteroatoms. The summed E-state index contributed by atoms with van der Waals surface area (Å²) in [6.45, 7) is 0.692. The first-order chi connectivity index (χ1) is 12.8. The van der Waals surface area contributed by atoms with Crippen LogP contribution in [0.5, 0.6) is 0 Å². The molecule has 0 spiro atoms. The van der Waals surface area contributed by atoms with Crippen LogP contribution in [0.15, 0.2) is 96.0 Å². The maximum atomic E-state index is 4.89. The molecule has 1 heterocycles. The van der Waals surface area contributed by atoms with E-state index in [0.29, 0.717) is 6.54 Å². The molecule has 2 nitrogen and oxygen atoms in total. The summed E-state index contributed by atoms with van der Waals surface area (Å²) in [5, 5.41) is 0. The smallest absolute Gasteiger partial charge is 0.185 e. The molecule has 3 aromatic carbocycles. The number of nitrogens with zero attached hydrogens (tertiary/aromatic N) is 2. The fourth-order valence-electron chi connectivity index (χ4n) is 3.04. The van der Waals surface area contributed by atoms with Crippen molar-refractivity contribution in [3.8, 4) is 21.7 Å². The van der Waals surface area contributed by atoms with E-state index in [4.69, 9.17) is 4.99 Å². The molecule has 0 fully saturated rings. The Morgan fingerprint density at radius 3 is 1.88 bits per heavy atom. The lowest BCUT2D eigenvalue weighted by Crippen LogP contribution is -2.11. The Kier molecular flexibility index (Phi) is 4.80. The first kappa shape index (κ1) is 16.6. The molecule has 26 heavy (non-hydrogen) atoms. The highest BCUT2D eigenvalue weighted by molar-refractivity contribution is 7.13. The lowest BCUT2D eigenvalue weighted by Gasteiger charge is -2.07. The fraction of sp³-hybridized carbons (Fsp3) is 0.0870. The predicted octanol–water partition coefficient (Wildman–Crippen LogP) is 5.52. The van der Waals surface area contributed by atoms with E-state index in [1.165, 1.54) is 27.3 Å². The van der Waals surface area contributed by atoms with Crippen molar-refractivity contribution in [1.82, 2.24) is 4.57 Å². The van der Waals surface area contributed by atoms with Crippen molar-refractivity contribution < 1.29 is 0 Å². The second-order valence-corrected chi connectivity index (χ2v) is 7.13. The van der Waals surface area contributed by atoms with Gasteiger partial charge in [0.1, 0.15) is 0 Å². The summed E-state index contributed by atoms with van der Waals surface area (Å²) in [4.78, 5) is 7.18. The molecule has 128 valence electrons. The minimum atomic E-state index is 0.692. The van der Waals surface area contributed by atoms with E-state index in [9.17, 15) is 0 Å². The van der Waals surface area contributed by atoms with Gasteiger partial charge >= 0.3 is 0 Å². The predicted molar refractivity (Wildman–Crippen MR) is 110 cm³/mol. The first-order valence-corrected chi connectivity index (χ1v) is 9.49. The van der Waals surface area contributed by atoms with Gasteiger partial charge < -0.3 is 4.57 Å². The monoisotopic (exact) mass is 356 g/mol. The van der Waals surface area contributed by atoms with Gasteiger partial charge in [0.25, 0.3) is 0 Å². The van der Waals surface area contributed by atoms with Gasteiger partial charge in [0, 0.05) is 7.05 Å². The van der Waals surface area contributed by atoms with Gasteiger partial charge in [-0.3, -0.25) is 4.99 Å². The van der Waals surface area contributed by atoms with E-state index in [2.05, 4.69) is 96.5 Å². The summed E-state index contributed by atoms with van der Waals surface area (Å²) >= 11 is 1.75. The van der Waals surface area contributed by atoms with Gasteiger partial charge in [-0.1, -0.05) is 102 Å². The quantitative estimate of drug-likeness (QED) is 0.458. The number of hydrogen-bond acceptors (Lipinski definition) is 2. The number of aromatic nitrogens is 1. The highest BCUT2D eigenvalue weighted by Crippen LogP contribution is 2.34. The van der Waals surface area contributed by atoms with Crippen molar-refractivity contribution >= 4 is 11.3 Å². The molecule has 0 amide bonds. The van der Waals surface area contributed by atoms with Crippen LogP contribution >= 0.6 is 11.3 Å². The lowest BCUT2D eigenvalue weighted by molar-refractivity contribution is 0.846. The fourth-order valence-corrected chi connectivity index (χ4v) is 4.19. The van der Waals surface area contributed by atoms with Crippen LogP contribution in [-0.2, 0) is 13.6 Å². The van der Waals surface area contributed by atoms with Gasteiger partial charge in [-0.05, 0) is 16.7 Å². The van der Waals surface area contributed by atoms with E-state index < -0.39 is 0 Å². The van der Waals surface area contributed by atoms with Crippen LogP contribution in [0, 0.1) is 0 Å². The molecule has 0 aliphatic carbocycles. The Labute approximate surface area is 157 Å². The average molecular weight is 356 g/mol. The number of thiazole rings is 1. The molecule has 0 radical (unpaired) electrons. The number of hydrogen-bond donors (Lipinski definition) is 0. The van der Waals surface area contributed by atoms with Gasteiger partial charge in [0.05, 0.1) is 17.1 Å². The molecule has 0 saturated carbocycles. The molecule has 0 atom stereocenters. The largest absolute Gasteiger partial charge is 0.319 e. The minimum Gasteiger partial charge on any atom is -0.319 e. The van der Waals surface area contributed by atoms with Gasteiger partial charge in [0.15, 0.2) is 4.80 Å². The maximum Gasteiger partial charge on any atom is 0.185 e. The molecule has 0 bridgehead atoms. The topological polar surface area (TPSA) is 17.3 Å². The van der Waals surface area contributed by atoms with E-state index in [-0.39, 0.29) is 0 Å². The molecule has 4 aromatic rings. The number of rotatable bonds is 4. The van der Waals surface area contributed by atoms with E-state index in [1.54, 1.807) is 11.3 Å². The van der Waals surface area contributed by atoms with E-state index in [0.717, 1.165) is 4.80 Å². The van der Waals surface area contributed by atoms with Crippen molar-refractivity contribution in [2.45, 2.75) is 6.54 Å². The van der Waals surface area contributed by atoms with Crippen LogP contribution in [-0.4, -0.2) is 4.57 Å². The summed E-state index contributed by atoms with van der Waals surface area (Å²) < 4.78 is 2.21. The summed E-state index contributed by atoms with van der Waals surface area (Å²) in [5.74, 6) is 0. The normalized spacial score (nSPS) is 11.7. The molecule has 0 N–H and O–H groups in total. The Bertz CT molecular complexity index is 1050. The molecule has 1 aromatic heterocycles. The average Bonchev–Trinajstić information content (AvgIpc) is 3.05. The van der Waals surface area contributed by atoms with Crippen LogP contribution in [0.3, 0.4) is 0 Å². The molecule has 4 rings (SSSR count). The molecular weight excluding hydrogens is 336 g/mol. The Morgan fingerprint density at radius 1 is 0.731 bits per heavy atom. The van der Waals surface area contributed by atoms with Crippen molar-refractivity contribution in [3.63, 3.8) is 0 Å². The molecule has 0 aliphatic rings. The third-order valence-corrected chi connectivity index (χ3v) is 5.57. The zero-order valence-electron chi connectivity index (χ0n) is 14.7. The number of benzene rings is 3. The highest BCUT2D eigenvalue weighted by atomic mass is 32.1. The molecular formula is C23H20N2S. The lowest BCUT2D eigenvalue weighted by atomic mass is 10.1. The second-order valence-electron chi connectivity index (χ2n) is 6.16. The Morgan fingerprint density at radius 2 is 1.27 bits per heavy atom. The zero-order chi connectivity index (χ0) is 17.8. The Hall–Kier alpha value is -2.91. The third-order valence-electron chi connectivity index (χ3n) is 4.35. The van der Waals surface area contributed by atoms with Crippen molar-refractivity contribution in [1.29, 1.82) is 0 Å². The van der Waals surface area contributed by atoms with Gasteiger partial charge in [-0.15, -0.1) is 0 Å². The van der Waals surface area contributed by atoms with Gasteiger partial charge in [-0.2, -0.15) is 0 Å². The summed E-state index contributed by atoms with van der Waals surface area (Å²) in [6, 6.07) is 31.5. The second kappa shape index (κ2) is 7.54. The van der Waals surface area contributed by atoms with Crippen molar-refractivity contribution in [3.05, 3.63) is 101 Å². The van der Waals surface area contributed by atoms with Crippen LogP contribution in [0.1, 0.15) is 5.56 Å². The van der Waals surface area contributed by atoms with Crippen molar-refractivity contribution in [2.24, 2.45) is 12.0 Å². The first-order valence-electron chi connectivity index (χ1n) is 8.68. The minimum absolute atomic E-state index is 0.692. The highest BCUT2D eigenvalue weighted by Gasteiger charge is 2.14. The van der Waals surface area contributed by atoms with E-state index >= 15 is 0 Å². The van der Waals surface area contributed by atoms with Crippen molar-refractivity contribution in [2.75, 3.05) is 0 Å². The molecule has 0 saturated heterocycles. The third kappa shape index (κ3) is 3.39. The Balaban J connectivity index is 1.85. The summed E-state index contributed by atoms with van der Waals surface area (Å²) in [7, 11) is 2.11.